The van der Waals surface area contributed by atoms with Gasteiger partial charge in [-0.25, -0.2) is 0 Å². The van der Waals surface area contributed by atoms with Crippen molar-refractivity contribution in [3.8, 4) is 0 Å². The lowest BCUT2D eigenvalue weighted by Crippen LogP contribution is -2.34. The summed E-state index contributed by atoms with van der Waals surface area (Å²) in [5.74, 6) is 0. The van der Waals surface area contributed by atoms with Gasteiger partial charge in [-0.15, -0.1) is 0 Å². The average Bonchev–Trinajstić information content (AvgIpc) is 2.73. The summed E-state index contributed by atoms with van der Waals surface area (Å²) in [6, 6.07) is 0. The molecule has 1 atom stereocenters. The Bertz CT molecular complexity index is 414. The Morgan fingerprint density at radius 2 is 1.95 bits per heavy atom. The van der Waals surface area contributed by atoms with Crippen molar-refractivity contribution in [1.82, 2.24) is 15.1 Å². The van der Waals surface area contributed by atoms with Crippen LogP contribution >= 0.6 is 11.6 Å². The summed E-state index contributed by atoms with van der Waals surface area (Å²) in [7, 11) is 0. The van der Waals surface area contributed by atoms with E-state index in [1.54, 1.807) is 0 Å². The summed E-state index contributed by atoms with van der Waals surface area (Å²) in [5.41, 5.74) is 2.48. The van der Waals surface area contributed by atoms with Crippen LogP contribution in [0.4, 0.5) is 0 Å². The highest BCUT2D eigenvalue weighted by molar-refractivity contribution is 6.31. The molecule has 0 spiro atoms. The summed E-state index contributed by atoms with van der Waals surface area (Å²) in [6.45, 7) is 13.9. The maximum Gasteiger partial charge on any atom is 0.0850 e. The average molecular weight is 300 g/mol. The van der Waals surface area contributed by atoms with Crippen LogP contribution < -0.4 is 5.32 Å². The Morgan fingerprint density at radius 3 is 2.45 bits per heavy atom. The topological polar surface area (TPSA) is 29.9 Å². The molecule has 1 heterocycles. The van der Waals surface area contributed by atoms with Crippen LogP contribution in [-0.4, -0.2) is 22.9 Å². The van der Waals surface area contributed by atoms with Gasteiger partial charge in [-0.1, -0.05) is 45.7 Å². The zero-order valence-electron chi connectivity index (χ0n) is 13.7. The Hall–Kier alpha value is -0.540. The van der Waals surface area contributed by atoms with Gasteiger partial charge < -0.3 is 5.32 Å². The van der Waals surface area contributed by atoms with Crippen LogP contribution in [0.3, 0.4) is 0 Å². The predicted octanol–water partition coefficient (Wildman–Crippen LogP) is 4.08. The second-order valence-electron chi connectivity index (χ2n) is 5.89. The van der Waals surface area contributed by atoms with Crippen LogP contribution in [-0.2, 0) is 19.4 Å². The SMILES string of the molecule is CCCC(C)(CNCC)Cc1c(Cl)c(CC)nn1CC. The molecule has 0 aromatic carbocycles. The molecule has 0 fully saturated rings. The molecule has 0 aliphatic carbocycles. The molecule has 1 unspecified atom stereocenters. The third-order valence-corrected chi connectivity index (χ3v) is 4.38. The molecule has 4 heteroatoms. The molecule has 0 saturated carbocycles. The minimum absolute atomic E-state index is 0.242. The first kappa shape index (κ1) is 17.5. The second kappa shape index (κ2) is 8.04. The molecule has 3 nitrogen and oxygen atoms in total. The molecule has 0 saturated heterocycles. The van der Waals surface area contributed by atoms with Gasteiger partial charge in [0.1, 0.15) is 0 Å². The molecule has 1 aromatic rings. The first-order valence-electron chi connectivity index (χ1n) is 7.96. The van der Waals surface area contributed by atoms with E-state index >= 15 is 0 Å². The molecule has 116 valence electrons. The fourth-order valence-corrected chi connectivity index (χ4v) is 3.20. The lowest BCUT2D eigenvalue weighted by molar-refractivity contribution is 0.270. The zero-order valence-corrected chi connectivity index (χ0v) is 14.5. The summed E-state index contributed by atoms with van der Waals surface area (Å²) in [6.07, 6.45) is 4.29. The normalized spacial score (nSPS) is 14.5. The lowest BCUT2D eigenvalue weighted by Gasteiger charge is -2.30. The number of aromatic nitrogens is 2. The molecule has 20 heavy (non-hydrogen) atoms. The van der Waals surface area contributed by atoms with Crippen LogP contribution in [0.2, 0.25) is 5.02 Å². The lowest BCUT2D eigenvalue weighted by atomic mass is 9.81. The third kappa shape index (κ3) is 4.23. The smallest absolute Gasteiger partial charge is 0.0850 e. The van der Waals surface area contributed by atoms with Gasteiger partial charge >= 0.3 is 0 Å². The number of aryl methyl sites for hydroxylation is 2. The van der Waals surface area contributed by atoms with Crippen molar-refractivity contribution in [2.75, 3.05) is 13.1 Å². The Morgan fingerprint density at radius 1 is 1.25 bits per heavy atom. The standard InChI is InChI=1S/C16H30ClN3/c1-6-10-16(5,12-18-8-3)11-14-15(17)13(7-2)19-20(14)9-4/h18H,6-12H2,1-5H3. The van der Waals surface area contributed by atoms with Crippen LogP contribution in [0.5, 0.6) is 0 Å². The van der Waals surface area contributed by atoms with E-state index in [1.165, 1.54) is 18.5 Å². The van der Waals surface area contributed by atoms with Crippen molar-refractivity contribution in [3.63, 3.8) is 0 Å². The molecule has 0 radical (unpaired) electrons. The monoisotopic (exact) mass is 299 g/mol. The van der Waals surface area contributed by atoms with Gasteiger partial charge in [0.15, 0.2) is 0 Å². The Labute approximate surface area is 129 Å². The highest BCUT2D eigenvalue weighted by Gasteiger charge is 2.27. The van der Waals surface area contributed by atoms with Crippen LogP contribution in [0.15, 0.2) is 0 Å². The fraction of sp³-hybridized carbons (Fsp3) is 0.812. The van der Waals surface area contributed by atoms with E-state index in [0.29, 0.717) is 0 Å². The van der Waals surface area contributed by atoms with Gasteiger partial charge in [0.05, 0.1) is 16.4 Å². The minimum Gasteiger partial charge on any atom is -0.316 e. The van der Waals surface area contributed by atoms with E-state index in [1.807, 2.05) is 0 Å². The van der Waals surface area contributed by atoms with E-state index in [2.05, 4.69) is 49.7 Å². The number of nitrogens with zero attached hydrogens (tertiary/aromatic N) is 2. The van der Waals surface area contributed by atoms with Crippen molar-refractivity contribution in [1.29, 1.82) is 0 Å². The van der Waals surface area contributed by atoms with Crippen molar-refractivity contribution >= 4 is 11.6 Å². The van der Waals surface area contributed by atoms with Crippen LogP contribution in [0.25, 0.3) is 0 Å². The van der Waals surface area contributed by atoms with Crippen molar-refractivity contribution in [2.45, 2.75) is 66.8 Å². The number of rotatable bonds is 9. The van der Waals surface area contributed by atoms with Crippen LogP contribution in [0.1, 0.15) is 58.8 Å². The second-order valence-corrected chi connectivity index (χ2v) is 6.27. The minimum atomic E-state index is 0.242. The van der Waals surface area contributed by atoms with Gasteiger partial charge in [-0.3, -0.25) is 4.68 Å². The predicted molar refractivity (Wildman–Crippen MR) is 87.6 cm³/mol. The summed E-state index contributed by atoms with van der Waals surface area (Å²) >= 11 is 6.54. The number of hydrogen-bond donors (Lipinski definition) is 1. The number of halogens is 1. The molecule has 0 amide bonds. The van der Waals surface area contributed by atoms with E-state index < -0.39 is 0 Å². The maximum atomic E-state index is 6.54. The molecule has 1 rings (SSSR count). The third-order valence-electron chi connectivity index (χ3n) is 3.94. The fourth-order valence-electron chi connectivity index (χ4n) is 2.86. The van der Waals surface area contributed by atoms with E-state index in [0.717, 1.165) is 43.2 Å². The van der Waals surface area contributed by atoms with E-state index in [9.17, 15) is 0 Å². The van der Waals surface area contributed by atoms with E-state index in [-0.39, 0.29) is 5.41 Å². The van der Waals surface area contributed by atoms with E-state index in [4.69, 9.17) is 11.6 Å². The van der Waals surface area contributed by atoms with Crippen molar-refractivity contribution in [2.24, 2.45) is 5.41 Å². The first-order chi connectivity index (χ1) is 9.51. The van der Waals surface area contributed by atoms with Gasteiger partial charge in [0.2, 0.25) is 0 Å². The van der Waals surface area contributed by atoms with Gasteiger partial charge in [-0.05, 0) is 38.1 Å². The summed E-state index contributed by atoms with van der Waals surface area (Å²) < 4.78 is 2.08. The number of nitrogens with one attached hydrogen (secondary N) is 1. The molecule has 0 bridgehead atoms. The molecular weight excluding hydrogens is 270 g/mol. The van der Waals surface area contributed by atoms with Crippen LogP contribution in [0, 0.1) is 5.41 Å². The van der Waals surface area contributed by atoms with Crippen molar-refractivity contribution in [3.05, 3.63) is 16.4 Å². The van der Waals surface area contributed by atoms with Gasteiger partial charge in [0.25, 0.3) is 0 Å². The first-order valence-corrected chi connectivity index (χ1v) is 8.33. The molecule has 1 aromatic heterocycles. The highest BCUT2D eigenvalue weighted by atomic mass is 35.5. The number of hydrogen-bond acceptors (Lipinski definition) is 2. The Balaban J connectivity index is 3.00. The quantitative estimate of drug-likeness (QED) is 0.744. The molecular formula is C16H30ClN3. The molecule has 0 aliphatic heterocycles. The largest absolute Gasteiger partial charge is 0.316 e. The summed E-state index contributed by atoms with van der Waals surface area (Å²) in [4.78, 5) is 0. The van der Waals surface area contributed by atoms with Gasteiger partial charge in [0, 0.05) is 13.1 Å². The Kier molecular flexibility index (Phi) is 7.04. The van der Waals surface area contributed by atoms with Gasteiger partial charge in [-0.2, -0.15) is 5.10 Å². The molecule has 1 N–H and O–H groups in total. The summed E-state index contributed by atoms with van der Waals surface area (Å²) in [5, 5.41) is 9.02. The maximum absolute atomic E-state index is 6.54. The zero-order chi connectivity index (χ0) is 15.2. The highest BCUT2D eigenvalue weighted by Crippen LogP contribution is 2.32. The molecule has 0 aliphatic rings. The van der Waals surface area contributed by atoms with Crippen molar-refractivity contribution < 1.29 is 0 Å².